The standard InChI is InChI=1S/C11H20N2O5S/c1-11(2,3)18-10(15)12-7-6-9(14)13-19(16,17)8-4-5-8/h8H,4-7H2,1-3H3,(H,12,15)(H,13,14). The Kier molecular flexibility index (Phi) is 4.78. The number of hydrogen-bond acceptors (Lipinski definition) is 5. The minimum atomic E-state index is -3.51. The van der Waals surface area contributed by atoms with Crippen LogP contribution in [-0.4, -0.2) is 37.8 Å². The first-order valence-electron chi connectivity index (χ1n) is 6.11. The summed E-state index contributed by atoms with van der Waals surface area (Å²) in [6, 6.07) is 0. The van der Waals surface area contributed by atoms with Gasteiger partial charge in [-0.25, -0.2) is 13.2 Å². The van der Waals surface area contributed by atoms with Crippen molar-refractivity contribution in [3.63, 3.8) is 0 Å². The minimum Gasteiger partial charge on any atom is -0.444 e. The summed E-state index contributed by atoms with van der Waals surface area (Å²) in [7, 11) is -3.51. The predicted molar refractivity (Wildman–Crippen MR) is 68.9 cm³/mol. The van der Waals surface area contributed by atoms with E-state index in [-0.39, 0.29) is 13.0 Å². The van der Waals surface area contributed by atoms with Gasteiger partial charge in [-0.1, -0.05) is 0 Å². The number of ether oxygens (including phenoxy) is 1. The molecule has 1 aliphatic rings. The minimum absolute atomic E-state index is 0.0287. The van der Waals surface area contributed by atoms with E-state index in [1.54, 1.807) is 20.8 Å². The molecule has 2 amide bonds. The SMILES string of the molecule is CC(C)(C)OC(=O)NCCC(=O)NS(=O)(=O)C1CC1. The van der Waals surface area contributed by atoms with Crippen molar-refractivity contribution in [1.29, 1.82) is 0 Å². The summed E-state index contributed by atoms with van der Waals surface area (Å²) in [5.74, 6) is -0.622. The maximum absolute atomic E-state index is 11.4. The first-order valence-corrected chi connectivity index (χ1v) is 7.66. The Labute approximate surface area is 113 Å². The second kappa shape index (κ2) is 5.77. The molecule has 0 radical (unpaired) electrons. The largest absolute Gasteiger partial charge is 0.444 e. The van der Waals surface area contributed by atoms with Crippen molar-refractivity contribution in [3.8, 4) is 0 Å². The lowest BCUT2D eigenvalue weighted by atomic mass is 10.2. The molecule has 0 aliphatic heterocycles. The third-order valence-electron chi connectivity index (χ3n) is 2.24. The van der Waals surface area contributed by atoms with Gasteiger partial charge < -0.3 is 10.1 Å². The summed E-state index contributed by atoms with van der Waals surface area (Å²) in [6.07, 6.45) is 0.452. The van der Waals surface area contributed by atoms with Crippen LogP contribution >= 0.6 is 0 Å². The summed E-state index contributed by atoms with van der Waals surface area (Å²) in [4.78, 5) is 22.6. The molecule has 0 aromatic heterocycles. The fourth-order valence-corrected chi connectivity index (χ4v) is 2.61. The van der Waals surface area contributed by atoms with Crippen molar-refractivity contribution >= 4 is 22.0 Å². The molecule has 0 bridgehead atoms. The molecule has 0 heterocycles. The van der Waals surface area contributed by atoms with Crippen LogP contribution < -0.4 is 10.0 Å². The van der Waals surface area contributed by atoms with Gasteiger partial charge in [0.2, 0.25) is 15.9 Å². The van der Waals surface area contributed by atoms with E-state index < -0.39 is 32.9 Å². The van der Waals surface area contributed by atoms with Crippen molar-refractivity contribution < 1.29 is 22.7 Å². The Morgan fingerprint density at radius 3 is 2.32 bits per heavy atom. The molecule has 0 unspecified atom stereocenters. The average molecular weight is 292 g/mol. The Hall–Kier alpha value is -1.31. The number of sulfonamides is 1. The zero-order valence-electron chi connectivity index (χ0n) is 11.4. The van der Waals surface area contributed by atoms with Crippen LogP contribution in [0.4, 0.5) is 4.79 Å². The molecule has 8 heteroatoms. The molecule has 0 atom stereocenters. The zero-order chi connectivity index (χ0) is 14.7. The third kappa shape index (κ3) is 6.42. The van der Waals surface area contributed by atoms with Crippen LogP contribution in [0, 0.1) is 0 Å². The summed E-state index contributed by atoms with van der Waals surface area (Å²) in [5, 5.41) is 1.95. The number of carbonyl (C=O) groups excluding carboxylic acids is 2. The van der Waals surface area contributed by atoms with Gasteiger partial charge in [-0.3, -0.25) is 9.52 Å². The smallest absolute Gasteiger partial charge is 0.407 e. The summed E-state index contributed by atoms with van der Waals surface area (Å²) in [5.41, 5.74) is -0.609. The highest BCUT2D eigenvalue weighted by atomic mass is 32.2. The average Bonchev–Trinajstić information content (AvgIpc) is 2.95. The molecule has 1 aliphatic carbocycles. The molecule has 0 spiro atoms. The number of amides is 2. The van der Waals surface area contributed by atoms with E-state index in [1.807, 2.05) is 4.72 Å². The van der Waals surface area contributed by atoms with Crippen molar-refractivity contribution in [1.82, 2.24) is 10.0 Å². The van der Waals surface area contributed by atoms with Crippen molar-refractivity contribution in [2.45, 2.75) is 50.9 Å². The second-order valence-corrected chi connectivity index (χ2v) is 7.41. The highest BCUT2D eigenvalue weighted by molar-refractivity contribution is 7.90. The molecule has 0 saturated heterocycles. The van der Waals surface area contributed by atoms with Gasteiger partial charge in [0.15, 0.2) is 0 Å². The molecule has 110 valence electrons. The Bertz CT molecular complexity index is 448. The van der Waals surface area contributed by atoms with E-state index in [0.717, 1.165) is 0 Å². The van der Waals surface area contributed by atoms with Gasteiger partial charge in [0, 0.05) is 13.0 Å². The lowest BCUT2D eigenvalue weighted by Gasteiger charge is -2.19. The number of carbonyl (C=O) groups is 2. The van der Waals surface area contributed by atoms with Gasteiger partial charge in [-0.2, -0.15) is 0 Å². The Balaban J connectivity index is 2.22. The molecular formula is C11H20N2O5S. The first kappa shape index (κ1) is 15.7. The highest BCUT2D eigenvalue weighted by Gasteiger charge is 2.36. The monoisotopic (exact) mass is 292 g/mol. The van der Waals surface area contributed by atoms with E-state index >= 15 is 0 Å². The lowest BCUT2D eigenvalue weighted by Crippen LogP contribution is -2.37. The summed E-state index contributed by atoms with van der Waals surface area (Å²) < 4.78 is 29.8. The number of rotatable bonds is 5. The molecule has 2 N–H and O–H groups in total. The van der Waals surface area contributed by atoms with E-state index in [2.05, 4.69) is 5.32 Å². The predicted octanol–water partition coefficient (Wildman–Crippen LogP) is 0.510. The fraction of sp³-hybridized carbons (Fsp3) is 0.818. The van der Waals surface area contributed by atoms with Crippen LogP contribution in [0.3, 0.4) is 0 Å². The third-order valence-corrected chi connectivity index (χ3v) is 4.10. The van der Waals surface area contributed by atoms with Gasteiger partial charge in [0.1, 0.15) is 5.60 Å². The number of nitrogens with one attached hydrogen (secondary N) is 2. The second-order valence-electron chi connectivity index (χ2n) is 5.45. The maximum atomic E-state index is 11.4. The van der Waals surface area contributed by atoms with Gasteiger partial charge in [-0.05, 0) is 33.6 Å². The molecule has 19 heavy (non-hydrogen) atoms. The topological polar surface area (TPSA) is 102 Å². The molecular weight excluding hydrogens is 272 g/mol. The maximum Gasteiger partial charge on any atom is 0.407 e. The van der Waals surface area contributed by atoms with Gasteiger partial charge in [0.05, 0.1) is 5.25 Å². The van der Waals surface area contributed by atoms with Crippen LogP contribution in [0.2, 0.25) is 0 Å². The molecule has 1 fully saturated rings. The van der Waals surface area contributed by atoms with Crippen molar-refractivity contribution in [3.05, 3.63) is 0 Å². The number of alkyl carbamates (subject to hydrolysis) is 1. The first-order chi connectivity index (χ1) is 8.60. The fourth-order valence-electron chi connectivity index (χ4n) is 1.26. The Morgan fingerprint density at radius 2 is 1.84 bits per heavy atom. The van der Waals surface area contributed by atoms with Crippen LogP contribution in [0.5, 0.6) is 0 Å². The van der Waals surface area contributed by atoms with Crippen molar-refractivity contribution in [2.24, 2.45) is 0 Å². The molecule has 1 rings (SSSR count). The zero-order valence-corrected chi connectivity index (χ0v) is 12.2. The van der Waals surface area contributed by atoms with Gasteiger partial charge in [0.25, 0.3) is 0 Å². The van der Waals surface area contributed by atoms with Crippen LogP contribution in [0.25, 0.3) is 0 Å². The van der Waals surface area contributed by atoms with Crippen LogP contribution in [0.1, 0.15) is 40.0 Å². The van der Waals surface area contributed by atoms with E-state index in [9.17, 15) is 18.0 Å². The van der Waals surface area contributed by atoms with Crippen molar-refractivity contribution in [2.75, 3.05) is 6.54 Å². The molecule has 1 saturated carbocycles. The number of hydrogen-bond donors (Lipinski definition) is 2. The summed E-state index contributed by atoms with van der Waals surface area (Å²) in [6.45, 7) is 5.20. The van der Waals surface area contributed by atoms with Crippen LogP contribution in [0.15, 0.2) is 0 Å². The normalized spacial score (nSPS) is 15.7. The van der Waals surface area contributed by atoms with Gasteiger partial charge >= 0.3 is 6.09 Å². The summed E-state index contributed by atoms with van der Waals surface area (Å²) >= 11 is 0. The molecule has 7 nitrogen and oxygen atoms in total. The van der Waals surface area contributed by atoms with E-state index in [1.165, 1.54) is 0 Å². The Morgan fingerprint density at radius 1 is 1.26 bits per heavy atom. The van der Waals surface area contributed by atoms with Crippen LogP contribution in [-0.2, 0) is 19.6 Å². The molecule has 0 aromatic carbocycles. The quantitative estimate of drug-likeness (QED) is 0.768. The van der Waals surface area contributed by atoms with Gasteiger partial charge in [-0.15, -0.1) is 0 Å². The lowest BCUT2D eigenvalue weighted by molar-refractivity contribution is -0.119. The highest BCUT2D eigenvalue weighted by Crippen LogP contribution is 2.27. The van der Waals surface area contributed by atoms with E-state index in [0.29, 0.717) is 12.8 Å². The van der Waals surface area contributed by atoms with E-state index in [4.69, 9.17) is 4.74 Å². The molecule has 0 aromatic rings.